The van der Waals surface area contributed by atoms with E-state index in [2.05, 4.69) is 16.9 Å². The van der Waals surface area contributed by atoms with Crippen molar-refractivity contribution in [2.75, 3.05) is 19.5 Å². The molecule has 2 aromatic carbocycles. The van der Waals surface area contributed by atoms with Gasteiger partial charge in [-0.3, -0.25) is 0 Å². The minimum Gasteiger partial charge on any atom is -0.543 e. The molecule has 0 saturated heterocycles. The number of aromatic carboxylic acids is 1. The third-order valence-corrected chi connectivity index (χ3v) is 6.20. The first-order valence-corrected chi connectivity index (χ1v) is 12.5. The highest BCUT2D eigenvalue weighted by Crippen LogP contribution is 2.34. The summed E-state index contributed by atoms with van der Waals surface area (Å²) < 4.78 is 82.8. The molecule has 2 N–H and O–H groups in total. The number of halogens is 5. The Morgan fingerprint density at radius 2 is 1.89 bits per heavy atom. The summed E-state index contributed by atoms with van der Waals surface area (Å²) >= 11 is 5.90. The average Bonchev–Trinajstić information content (AvgIpc) is 3.20. The first kappa shape index (κ1) is 28.1. The fourth-order valence-corrected chi connectivity index (χ4v) is 4.31. The van der Waals surface area contributed by atoms with Crippen LogP contribution in [0, 0.1) is 17.7 Å². The van der Waals surface area contributed by atoms with Gasteiger partial charge in [0.1, 0.15) is 34.7 Å². The number of ether oxygens (including phenoxy) is 1. The Labute approximate surface area is 213 Å². The van der Waals surface area contributed by atoms with Crippen molar-refractivity contribution in [2.45, 2.75) is 17.1 Å². The smallest absolute Gasteiger partial charge is 0.405 e. The molecule has 0 saturated carbocycles. The van der Waals surface area contributed by atoms with Gasteiger partial charge in [0.2, 0.25) is 0 Å². The molecule has 0 amide bonds. The maximum absolute atomic E-state index is 15.1. The summed E-state index contributed by atoms with van der Waals surface area (Å²) in [5, 5.41) is 15.8. The van der Waals surface area contributed by atoms with E-state index >= 15 is 4.39 Å². The van der Waals surface area contributed by atoms with Gasteiger partial charge >= 0.3 is 6.18 Å². The topological polar surface area (TPSA) is 127 Å². The van der Waals surface area contributed by atoms with Crippen molar-refractivity contribution in [3.05, 3.63) is 64.6 Å². The van der Waals surface area contributed by atoms with Gasteiger partial charge in [-0.05, 0) is 30.3 Å². The molecule has 0 radical (unpaired) electrons. The molecular formula is C23H17ClF4N3O5S-. The van der Waals surface area contributed by atoms with Crippen molar-refractivity contribution in [2.24, 2.45) is 5.73 Å². The number of carbonyl (C=O) groups is 1. The second-order valence-corrected chi connectivity index (χ2v) is 10.0. The molecule has 196 valence electrons. The lowest BCUT2D eigenvalue weighted by Crippen LogP contribution is -2.41. The molecule has 14 heteroatoms. The fourth-order valence-electron chi connectivity index (χ4n) is 3.15. The third kappa shape index (κ3) is 6.66. The van der Waals surface area contributed by atoms with E-state index < -0.39 is 57.6 Å². The van der Waals surface area contributed by atoms with Gasteiger partial charge in [0.15, 0.2) is 9.84 Å². The molecule has 0 aliphatic heterocycles. The summed E-state index contributed by atoms with van der Waals surface area (Å²) in [6.07, 6.45) is -3.84. The van der Waals surface area contributed by atoms with Gasteiger partial charge < -0.3 is 20.4 Å². The highest BCUT2D eigenvalue weighted by atomic mass is 35.5. The van der Waals surface area contributed by atoms with Crippen LogP contribution in [0.3, 0.4) is 0 Å². The van der Waals surface area contributed by atoms with E-state index in [-0.39, 0.29) is 22.5 Å². The number of sulfone groups is 1. The SMILES string of the molecule is CS(=O)(=O)c1c(C(=O)[O-])nn(-c2ccc(C#CCOCC(N)C(F)(F)F)cc2F)c1-c1ccc(Cl)cc1. The zero-order chi connectivity index (χ0) is 27.5. The first-order valence-electron chi connectivity index (χ1n) is 10.2. The summed E-state index contributed by atoms with van der Waals surface area (Å²) in [6, 6.07) is 6.96. The van der Waals surface area contributed by atoms with Crippen LogP contribution in [0.5, 0.6) is 0 Å². The lowest BCUT2D eigenvalue weighted by molar-refractivity contribution is -0.255. The molecule has 0 bridgehead atoms. The highest BCUT2D eigenvalue weighted by molar-refractivity contribution is 7.91. The average molecular weight is 559 g/mol. The number of carboxylic acid groups (broad SMARTS) is 1. The number of rotatable bonds is 7. The van der Waals surface area contributed by atoms with E-state index in [0.717, 1.165) is 17.0 Å². The zero-order valence-corrected chi connectivity index (χ0v) is 20.4. The number of carbonyl (C=O) groups excluding carboxylic acids is 1. The molecule has 1 atom stereocenters. The van der Waals surface area contributed by atoms with Crippen LogP contribution in [0.4, 0.5) is 17.6 Å². The molecule has 1 heterocycles. The molecule has 0 aliphatic rings. The van der Waals surface area contributed by atoms with Gasteiger partial charge in [-0.15, -0.1) is 0 Å². The Bertz CT molecular complexity index is 1490. The molecule has 1 unspecified atom stereocenters. The second kappa shape index (κ2) is 10.9. The van der Waals surface area contributed by atoms with Crippen LogP contribution in [-0.2, 0) is 14.6 Å². The zero-order valence-electron chi connectivity index (χ0n) is 18.8. The molecular weight excluding hydrogens is 542 g/mol. The van der Waals surface area contributed by atoms with Gasteiger partial charge in [0.25, 0.3) is 0 Å². The largest absolute Gasteiger partial charge is 0.543 e. The number of carboxylic acids is 1. The van der Waals surface area contributed by atoms with Crippen LogP contribution in [0.15, 0.2) is 47.4 Å². The molecule has 3 aromatic rings. The molecule has 0 aliphatic carbocycles. The quantitative estimate of drug-likeness (QED) is 0.268. The number of alkyl halides is 3. The number of hydrogen-bond acceptors (Lipinski definition) is 7. The van der Waals surface area contributed by atoms with E-state index in [4.69, 9.17) is 22.1 Å². The second-order valence-electron chi connectivity index (χ2n) is 7.64. The van der Waals surface area contributed by atoms with Crippen LogP contribution in [0.2, 0.25) is 5.02 Å². The minimum atomic E-state index is -4.61. The summed E-state index contributed by atoms with van der Waals surface area (Å²) in [4.78, 5) is 11.0. The van der Waals surface area contributed by atoms with Gasteiger partial charge in [0.05, 0.1) is 18.3 Å². The van der Waals surface area contributed by atoms with Crippen LogP contribution in [0.25, 0.3) is 16.9 Å². The maximum Gasteiger partial charge on any atom is 0.405 e. The summed E-state index contributed by atoms with van der Waals surface area (Å²) in [5.74, 6) is 2.09. The van der Waals surface area contributed by atoms with Gasteiger partial charge in [-0.2, -0.15) is 18.3 Å². The number of nitrogens with two attached hydrogens (primary N) is 1. The molecule has 37 heavy (non-hydrogen) atoms. The Kier molecular flexibility index (Phi) is 8.28. The van der Waals surface area contributed by atoms with Crippen LogP contribution in [0.1, 0.15) is 16.1 Å². The minimum absolute atomic E-state index is 0.105. The number of nitrogens with zero attached hydrogens (tertiary/aromatic N) is 2. The predicted molar refractivity (Wildman–Crippen MR) is 123 cm³/mol. The summed E-state index contributed by atoms with van der Waals surface area (Å²) in [7, 11) is -4.18. The standard InChI is InChI=1S/C23H18ClF4N3O5S/c1-37(34,35)21-19(22(32)33)30-31(20(21)14-5-7-15(24)8-6-14)17-9-4-13(11-16(17)25)3-2-10-36-12-18(29)23(26,27)28/h4-9,11,18H,10,12,29H2,1H3,(H,32,33)/p-1. The van der Waals surface area contributed by atoms with Crippen molar-refractivity contribution in [3.63, 3.8) is 0 Å². The molecule has 3 rings (SSSR count). The van der Waals surface area contributed by atoms with E-state index in [1.165, 1.54) is 36.4 Å². The lowest BCUT2D eigenvalue weighted by Gasteiger charge is -2.14. The van der Waals surface area contributed by atoms with Crippen LogP contribution >= 0.6 is 11.6 Å². The highest BCUT2D eigenvalue weighted by Gasteiger charge is 2.36. The van der Waals surface area contributed by atoms with Crippen molar-refractivity contribution in [1.29, 1.82) is 0 Å². The van der Waals surface area contributed by atoms with E-state index in [0.29, 0.717) is 5.02 Å². The van der Waals surface area contributed by atoms with Crippen LogP contribution < -0.4 is 10.8 Å². The van der Waals surface area contributed by atoms with Crippen molar-refractivity contribution in [3.8, 4) is 28.8 Å². The molecule has 0 fully saturated rings. The van der Waals surface area contributed by atoms with Crippen LogP contribution in [-0.4, -0.2) is 55.9 Å². The molecule has 1 aromatic heterocycles. The normalized spacial score (nSPS) is 12.6. The Balaban J connectivity index is 2.01. The molecule has 0 spiro atoms. The lowest BCUT2D eigenvalue weighted by atomic mass is 10.1. The van der Waals surface area contributed by atoms with E-state index in [1.54, 1.807) is 0 Å². The number of aromatic nitrogens is 2. The van der Waals surface area contributed by atoms with Gasteiger partial charge in [-0.1, -0.05) is 35.6 Å². The Morgan fingerprint density at radius 1 is 1.24 bits per heavy atom. The number of hydrogen-bond donors (Lipinski definition) is 1. The van der Waals surface area contributed by atoms with E-state index in [1.807, 2.05) is 0 Å². The summed E-state index contributed by atoms with van der Waals surface area (Å²) in [6.45, 7) is -1.21. The van der Waals surface area contributed by atoms with Crippen molar-refractivity contribution >= 4 is 27.4 Å². The van der Waals surface area contributed by atoms with Gasteiger partial charge in [0, 0.05) is 22.4 Å². The Morgan fingerprint density at radius 3 is 2.43 bits per heavy atom. The predicted octanol–water partition coefficient (Wildman–Crippen LogP) is 2.36. The molecule has 8 nitrogen and oxygen atoms in total. The Hall–Kier alpha value is -3.44. The van der Waals surface area contributed by atoms with Crippen molar-refractivity contribution < 1.29 is 40.6 Å². The first-order chi connectivity index (χ1) is 17.2. The summed E-state index contributed by atoms with van der Waals surface area (Å²) in [5.41, 5.74) is 3.75. The van der Waals surface area contributed by atoms with Crippen molar-refractivity contribution in [1.82, 2.24) is 9.78 Å². The fraction of sp³-hybridized carbons (Fsp3) is 0.217. The monoisotopic (exact) mass is 558 g/mol. The maximum atomic E-state index is 15.1. The third-order valence-electron chi connectivity index (χ3n) is 4.82. The van der Waals surface area contributed by atoms with Gasteiger partial charge in [-0.25, -0.2) is 17.5 Å². The number of benzene rings is 2. The van der Waals surface area contributed by atoms with E-state index in [9.17, 15) is 31.5 Å².